The van der Waals surface area contributed by atoms with Gasteiger partial charge >= 0.3 is 12.1 Å². The predicted molar refractivity (Wildman–Crippen MR) is 75.8 cm³/mol. The Morgan fingerprint density at radius 3 is 2.67 bits per heavy atom. The molecule has 2 aromatic rings. The summed E-state index contributed by atoms with van der Waals surface area (Å²) in [4.78, 5) is 11.4. The van der Waals surface area contributed by atoms with Gasteiger partial charge < -0.3 is 10.4 Å². The van der Waals surface area contributed by atoms with Crippen molar-refractivity contribution in [2.75, 3.05) is 0 Å². The number of carboxylic acids is 1. The van der Waals surface area contributed by atoms with Gasteiger partial charge in [0, 0.05) is 17.3 Å². The summed E-state index contributed by atoms with van der Waals surface area (Å²) >= 11 is 1.14. The zero-order chi connectivity index (χ0) is 15.6. The molecule has 1 aromatic heterocycles. The smallest absolute Gasteiger partial charge is 0.390 e. The Hall–Kier alpha value is -1.60. The lowest BCUT2D eigenvalue weighted by molar-refractivity contribution is -0.139. The van der Waals surface area contributed by atoms with Crippen LogP contribution in [0.25, 0.3) is 10.1 Å². The first kappa shape index (κ1) is 15.8. The number of hydrogen-bond acceptors (Lipinski definition) is 3. The summed E-state index contributed by atoms with van der Waals surface area (Å²) in [6, 6.07) is 6.39. The summed E-state index contributed by atoms with van der Waals surface area (Å²) in [7, 11) is 0. The third-order valence-electron chi connectivity index (χ3n) is 3.06. The second kappa shape index (κ2) is 6.03. The van der Waals surface area contributed by atoms with Crippen LogP contribution in [0.15, 0.2) is 24.3 Å². The molecule has 0 radical (unpaired) electrons. The van der Waals surface area contributed by atoms with Crippen LogP contribution in [0.5, 0.6) is 0 Å². The van der Waals surface area contributed by atoms with Crippen LogP contribution in [0.1, 0.15) is 28.6 Å². The number of hydrogen-bond donors (Lipinski definition) is 2. The van der Waals surface area contributed by atoms with E-state index in [9.17, 15) is 23.1 Å². The third-order valence-corrected chi connectivity index (χ3v) is 4.26. The van der Waals surface area contributed by atoms with Crippen molar-refractivity contribution in [3.8, 4) is 0 Å². The Morgan fingerprint density at radius 2 is 2.05 bits per heavy atom. The minimum absolute atomic E-state index is 0.100. The van der Waals surface area contributed by atoms with Gasteiger partial charge in [0.05, 0.1) is 6.42 Å². The lowest BCUT2D eigenvalue weighted by Gasteiger charge is -2.15. The van der Waals surface area contributed by atoms with Gasteiger partial charge in [0.2, 0.25) is 0 Å². The Morgan fingerprint density at radius 1 is 1.38 bits per heavy atom. The van der Waals surface area contributed by atoms with Gasteiger partial charge in [-0.25, -0.2) is 4.79 Å². The number of aromatic carboxylic acids is 1. The Labute approximate surface area is 123 Å². The van der Waals surface area contributed by atoms with E-state index in [0.29, 0.717) is 5.56 Å². The van der Waals surface area contributed by atoms with Crippen LogP contribution in [0, 0.1) is 0 Å². The predicted octanol–water partition coefficient (Wildman–Crippen LogP) is 4.03. The normalized spacial score (nSPS) is 13.5. The summed E-state index contributed by atoms with van der Waals surface area (Å²) in [6.07, 6.45) is -5.18. The molecule has 21 heavy (non-hydrogen) atoms. The van der Waals surface area contributed by atoms with E-state index in [0.717, 1.165) is 21.4 Å². The highest BCUT2D eigenvalue weighted by molar-refractivity contribution is 7.21. The molecule has 0 saturated heterocycles. The van der Waals surface area contributed by atoms with Gasteiger partial charge in [-0.3, -0.25) is 0 Å². The molecule has 0 spiro atoms. The fraction of sp³-hybridized carbons (Fsp3) is 0.357. The van der Waals surface area contributed by atoms with E-state index in [-0.39, 0.29) is 11.4 Å². The number of halogens is 3. The maximum absolute atomic E-state index is 12.3. The lowest BCUT2D eigenvalue weighted by atomic mass is 10.1. The minimum atomic E-state index is -4.24. The fourth-order valence-corrected chi connectivity index (χ4v) is 3.20. The topological polar surface area (TPSA) is 49.3 Å². The van der Waals surface area contributed by atoms with Crippen LogP contribution in [-0.2, 0) is 6.54 Å². The SMILES string of the molecule is CC(CC(F)(F)F)NCc1c(C(=O)O)sc2ccccc12. The number of rotatable bonds is 5. The number of thiophene rings is 1. The van der Waals surface area contributed by atoms with Gasteiger partial charge in [-0.05, 0) is 23.9 Å². The van der Waals surface area contributed by atoms with E-state index in [4.69, 9.17) is 0 Å². The van der Waals surface area contributed by atoms with Crippen molar-refractivity contribution in [2.24, 2.45) is 0 Å². The van der Waals surface area contributed by atoms with Crippen LogP contribution < -0.4 is 5.32 Å². The van der Waals surface area contributed by atoms with E-state index < -0.39 is 24.6 Å². The first-order valence-electron chi connectivity index (χ1n) is 6.32. The van der Waals surface area contributed by atoms with Crippen molar-refractivity contribution in [1.82, 2.24) is 5.32 Å². The summed E-state index contributed by atoms with van der Waals surface area (Å²) < 4.78 is 37.7. The molecule has 2 rings (SSSR count). The first-order chi connectivity index (χ1) is 9.78. The van der Waals surface area contributed by atoms with Crippen LogP contribution in [0.4, 0.5) is 13.2 Å². The standard InChI is InChI=1S/C14H14F3NO2S/c1-8(6-14(15,16)17)18-7-10-9-4-2-3-5-11(9)21-12(10)13(19)20/h2-5,8,18H,6-7H2,1H3,(H,19,20). The lowest BCUT2D eigenvalue weighted by Crippen LogP contribution is -2.31. The first-order valence-corrected chi connectivity index (χ1v) is 7.13. The van der Waals surface area contributed by atoms with Crippen LogP contribution in [-0.4, -0.2) is 23.3 Å². The molecular formula is C14H14F3NO2S. The van der Waals surface area contributed by atoms with Crippen LogP contribution >= 0.6 is 11.3 Å². The van der Waals surface area contributed by atoms with Gasteiger partial charge in [-0.2, -0.15) is 13.2 Å². The van der Waals surface area contributed by atoms with Crippen molar-refractivity contribution in [1.29, 1.82) is 0 Å². The average molecular weight is 317 g/mol. The van der Waals surface area contributed by atoms with E-state index in [1.54, 1.807) is 24.3 Å². The molecule has 7 heteroatoms. The minimum Gasteiger partial charge on any atom is -0.477 e. The number of alkyl halides is 3. The molecule has 2 N–H and O–H groups in total. The van der Waals surface area contributed by atoms with Crippen molar-refractivity contribution >= 4 is 27.4 Å². The van der Waals surface area contributed by atoms with Gasteiger partial charge in [0.15, 0.2) is 0 Å². The zero-order valence-corrected chi connectivity index (χ0v) is 12.0. The molecule has 0 amide bonds. The van der Waals surface area contributed by atoms with Gasteiger partial charge in [0.1, 0.15) is 4.88 Å². The molecule has 0 aliphatic heterocycles. The second-order valence-electron chi connectivity index (χ2n) is 4.81. The quantitative estimate of drug-likeness (QED) is 0.875. The number of carboxylic acid groups (broad SMARTS) is 1. The maximum Gasteiger partial charge on any atom is 0.390 e. The van der Waals surface area contributed by atoms with Crippen molar-refractivity contribution in [3.05, 3.63) is 34.7 Å². The van der Waals surface area contributed by atoms with Crippen molar-refractivity contribution in [2.45, 2.75) is 32.1 Å². The van der Waals surface area contributed by atoms with Crippen LogP contribution in [0.2, 0.25) is 0 Å². The summed E-state index contributed by atoms with van der Waals surface area (Å²) in [5.41, 5.74) is 0.539. The molecule has 0 bridgehead atoms. The molecule has 3 nitrogen and oxygen atoms in total. The Balaban J connectivity index is 2.21. The van der Waals surface area contributed by atoms with E-state index in [1.165, 1.54) is 6.92 Å². The van der Waals surface area contributed by atoms with E-state index in [2.05, 4.69) is 5.32 Å². The maximum atomic E-state index is 12.3. The number of nitrogens with one attached hydrogen (secondary N) is 1. The molecule has 1 atom stereocenters. The fourth-order valence-electron chi connectivity index (χ4n) is 2.14. The zero-order valence-electron chi connectivity index (χ0n) is 11.2. The largest absolute Gasteiger partial charge is 0.477 e. The summed E-state index contributed by atoms with van der Waals surface area (Å²) in [5, 5.41) is 12.7. The second-order valence-corrected chi connectivity index (χ2v) is 5.86. The molecule has 0 fully saturated rings. The highest BCUT2D eigenvalue weighted by Crippen LogP contribution is 2.31. The van der Waals surface area contributed by atoms with E-state index >= 15 is 0 Å². The monoisotopic (exact) mass is 317 g/mol. The summed E-state index contributed by atoms with van der Waals surface area (Å²) in [5.74, 6) is -1.06. The number of carbonyl (C=O) groups is 1. The molecule has 1 unspecified atom stereocenters. The van der Waals surface area contributed by atoms with Gasteiger partial charge in [-0.1, -0.05) is 18.2 Å². The third kappa shape index (κ3) is 3.95. The molecule has 0 saturated carbocycles. The molecule has 0 aliphatic carbocycles. The van der Waals surface area contributed by atoms with Gasteiger partial charge in [0.25, 0.3) is 0 Å². The Kier molecular flexibility index (Phi) is 4.53. The molecule has 1 heterocycles. The highest BCUT2D eigenvalue weighted by Gasteiger charge is 2.30. The number of benzene rings is 1. The summed E-state index contributed by atoms with van der Waals surface area (Å²) in [6.45, 7) is 1.53. The van der Waals surface area contributed by atoms with Crippen molar-refractivity contribution < 1.29 is 23.1 Å². The molecule has 1 aromatic carbocycles. The molecular weight excluding hydrogens is 303 g/mol. The highest BCUT2D eigenvalue weighted by atomic mass is 32.1. The van der Waals surface area contributed by atoms with Gasteiger partial charge in [-0.15, -0.1) is 11.3 Å². The van der Waals surface area contributed by atoms with E-state index in [1.807, 2.05) is 0 Å². The average Bonchev–Trinajstić information content (AvgIpc) is 2.73. The molecule has 0 aliphatic rings. The Bertz CT molecular complexity index is 651. The molecule has 114 valence electrons. The number of fused-ring (bicyclic) bond motifs is 1. The van der Waals surface area contributed by atoms with Crippen molar-refractivity contribution in [3.63, 3.8) is 0 Å². The van der Waals surface area contributed by atoms with Crippen LogP contribution in [0.3, 0.4) is 0 Å².